The smallest absolute Gasteiger partial charge is 0.410 e. The lowest BCUT2D eigenvalue weighted by Crippen LogP contribution is -2.42. The molecule has 1 fully saturated rings. The van der Waals surface area contributed by atoms with Gasteiger partial charge in [-0.25, -0.2) is 34.3 Å². The zero-order valence-corrected chi connectivity index (χ0v) is 30.3. The Morgan fingerprint density at radius 3 is 1.98 bits per heavy atom. The number of nitrogens with zero attached hydrogens (tertiary/aromatic N) is 8. The van der Waals surface area contributed by atoms with E-state index in [9.17, 15) is 14.4 Å². The van der Waals surface area contributed by atoms with E-state index >= 15 is 0 Å². The number of carbonyl (C=O) groups excluding carboxylic acids is 3. The Kier molecular flexibility index (Phi) is 13.1. The first-order valence-electron chi connectivity index (χ1n) is 15.7. The van der Waals surface area contributed by atoms with Gasteiger partial charge in [0.2, 0.25) is 0 Å². The highest BCUT2D eigenvalue weighted by molar-refractivity contribution is 7.98. The lowest BCUT2D eigenvalue weighted by molar-refractivity contribution is 0.0179. The van der Waals surface area contributed by atoms with Crippen LogP contribution in [0.5, 0.6) is 0 Å². The molecule has 0 bridgehead atoms. The fourth-order valence-corrected chi connectivity index (χ4v) is 5.42. The minimum Gasteiger partial charge on any atom is -0.461 e. The van der Waals surface area contributed by atoms with Crippen LogP contribution in [-0.4, -0.2) is 107 Å². The molecule has 5 rings (SSSR count). The summed E-state index contributed by atoms with van der Waals surface area (Å²) in [4.78, 5) is 55.2. The Morgan fingerprint density at radius 2 is 1.43 bits per heavy atom. The topological polar surface area (TPSA) is 180 Å². The maximum atomic E-state index is 12.6. The summed E-state index contributed by atoms with van der Waals surface area (Å²) >= 11 is 2.89. The van der Waals surface area contributed by atoms with Crippen molar-refractivity contribution in [3.05, 3.63) is 48.0 Å². The second-order valence-corrected chi connectivity index (χ2v) is 13.1. The minimum atomic E-state index is -0.533. The van der Waals surface area contributed by atoms with Crippen LogP contribution >= 0.6 is 23.5 Å². The highest BCUT2D eigenvalue weighted by Crippen LogP contribution is 2.28. The third-order valence-electron chi connectivity index (χ3n) is 6.91. The number of hydrogen-bond acceptors (Lipinski definition) is 14. The highest BCUT2D eigenvalue weighted by Gasteiger charge is 2.31. The van der Waals surface area contributed by atoms with Crippen LogP contribution in [0.1, 0.15) is 74.5 Å². The Bertz CT molecular complexity index is 1730. The molecule has 5 heterocycles. The van der Waals surface area contributed by atoms with Crippen LogP contribution in [0.25, 0.3) is 22.8 Å². The van der Waals surface area contributed by atoms with Gasteiger partial charge in [-0.15, -0.1) is 0 Å². The van der Waals surface area contributed by atoms with Gasteiger partial charge >= 0.3 is 18.0 Å². The van der Waals surface area contributed by atoms with Gasteiger partial charge in [0.1, 0.15) is 28.4 Å². The standard InChI is InChI=1S/C21H29N5O4S.C11H12N4O2S/c1-6-29-18(27)17-13-16(15-7-10-22-19(23-15)31-5)24-26(17)14-8-11-25(12-9-14)20(28)30-21(2,3)4;1-3-17-10(16)9-6-8(14-15-9)7-4-5-12-11(13-7)18-2/h7,10,13-14H,6,8-9,11-12H2,1-5H3;4-6H,3H2,1-2H3,(H,14,15). The van der Waals surface area contributed by atoms with E-state index in [1.807, 2.05) is 33.3 Å². The Hall–Kier alpha value is -4.51. The van der Waals surface area contributed by atoms with Gasteiger partial charge in [-0.2, -0.15) is 10.2 Å². The minimum absolute atomic E-state index is 0.0336. The molecule has 0 aliphatic carbocycles. The summed E-state index contributed by atoms with van der Waals surface area (Å²) in [5.74, 6) is -0.842. The van der Waals surface area contributed by atoms with Gasteiger partial charge in [-0.05, 0) is 72.1 Å². The molecule has 0 aromatic carbocycles. The molecule has 49 heavy (non-hydrogen) atoms. The quantitative estimate of drug-likeness (QED) is 0.0984. The number of esters is 2. The first-order chi connectivity index (χ1) is 23.5. The van der Waals surface area contributed by atoms with E-state index < -0.39 is 17.5 Å². The molecule has 4 aromatic heterocycles. The molecule has 0 unspecified atom stereocenters. The molecule has 0 spiro atoms. The Balaban J connectivity index is 0.000000254. The zero-order valence-electron chi connectivity index (χ0n) is 28.6. The third-order valence-corrected chi connectivity index (χ3v) is 8.04. The lowest BCUT2D eigenvalue weighted by Gasteiger charge is -2.33. The van der Waals surface area contributed by atoms with Crippen LogP contribution in [0.4, 0.5) is 4.79 Å². The number of thioether (sulfide) groups is 2. The highest BCUT2D eigenvalue weighted by atomic mass is 32.2. The molecule has 17 heteroatoms. The van der Waals surface area contributed by atoms with Gasteiger partial charge in [0.15, 0.2) is 10.3 Å². The molecule has 1 N–H and O–H groups in total. The first kappa shape index (κ1) is 37.3. The van der Waals surface area contributed by atoms with Crippen molar-refractivity contribution in [1.82, 2.24) is 44.8 Å². The van der Waals surface area contributed by atoms with Gasteiger partial charge in [0.05, 0.1) is 30.6 Å². The van der Waals surface area contributed by atoms with E-state index in [2.05, 4.69) is 30.1 Å². The molecule has 262 valence electrons. The maximum Gasteiger partial charge on any atom is 0.410 e. The van der Waals surface area contributed by atoms with E-state index in [4.69, 9.17) is 19.3 Å². The third kappa shape index (κ3) is 10.2. The van der Waals surface area contributed by atoms with Crippen molar-refractivity contribution in [3.63, 3.8) is 0 Å². The van der Waals surface area contributed by atoms with Crippen molar-refractivity contribution in [2.75, 3.05) is 38.8 Å². The predicted octanol–water partition coefficient (Wildman–Crippen LogP) is 5.58. The predicted molar refractivity (Wildman–Crippen MR) is 184 cm³/mol. The number of aromatic amines is 1. The molecule has 1 aliphatic rings. The van der Waals surface area contributed by atoms with Crippen LogP contribution in [0.3, 0.4) is 0 Å². The number of hydrogen-bond donors (Lipinski definition) is 1. The average Bonchev–Trinajstić information content (AvgIpc) is 3.77. The van der Waals surface area contributed by atoms with Crippen molar-refractivity contribution in [2.24, 2.45) is 0 Å². The van der Waals surface area contributed by atoms with Crippen LogP contribution < -0.4 is 0 Å². The van der Waals surface area contributed by atoms with Gasteiger partial charge in [-0.3, -0.25) is 9.78 Å². The molecule has 0 atom stereocenters. The van der Waals surface area contributed by atoms with Crippen molar-refractivity contribution in [2.45, 2.75) is 69.4 Å². The van der Waals surface area contributed by atoms with Crippen LogP contribution in [-0.2, 0) is 14.2 Å². The van der Waals surface area contributed by atoms with E-state index in [1.54, 1.807) is 60.1 Å². The maximum absolute atomic E-state index is 12.6. The normalized spacial score (nSPS) is 13.3. The van der Waals surface area contributed by atoms with Gasteiger partial charge in [-0.1, -0.05) is 23.5 Å². The van der Waals surface area contributed by atoms with E-state index in [0.29, 0.717) is 77.0 Å². The number of carbonyl (C=O) groups is 3. The molecular formula is C32H41N9O6S2. The monoisotopic (exact) mass is 711 g/mol. The second kappa shape index (κ2) is 17.2. The van der Waals surface area contributed by atoms with Crippen LogP contribution in [0, 0.1) is 0 Å². The Morgan fingerprint density at radius 1 is 0.857 bits per heavy atom. The van der Waals surface area contributed by atoms with Crippen molar-refractivity contribution >= 4 is 41.6 Å². The first-order valence-corrected chi connectivity index (χ1v) is 18.1. The van der Waals surface area contributed by atoms with E-state index in [-0.39, 0.29) is 18.7 Å². The number of likely N-dealkylation sites (tertiary alicyclic amines) is 1. The van der Waals surface area contributed by atoms with E-state index in [0.717, 1.165) is 0 Å². The number of amides is 1. The molecular weight excluding hydrogens is 671 g/mol. The molecule has 1 saturated heterocycles. The summed E-state index contributed by atoms with van der Waals surface area (Å²) in [5.41, 5.74) is 2.67. The summed E-state index contributed by atoms with van der Waals surface area (Å²) in [6, 6.07) is 6.81. The molecule has 1 amide bonds. The summed E-state index contributed by atoms with van der Waals surface area (Å²) in [5, 5.41) is 12.7. The molecule has 4 aromatic rings. The van der Waals surface area contributed by atoms with Crippen LogP contribution in [0.2, 0.25) is 0 Å². The fourth-order valence-electron chi connectivity index (χ4n) is 4.70. The number of piperidine rings is 1. The van der Waals surface area contributed by atoms with Crippen molar-refractivity contribution in [3.8, 4) is 22.8 Å². The molecule has 0 saturated carbocycles. The van der Waals surface area contributed by atoms with Gasteiger partial charge in [0.25, 0.3) is 0 Å². The largest absolute Gasteiger partial charge is 0.461 e. The van der Waals surface area contributed by atoms with Crippen LogP contribution in [0.15, 0.2) is 47.0 Å². The summed E-state index contributed by atoms with van der Waals surface area (Å²) in [6.45, 7) is 10.7. The number of ether oxygens (including phenoxy) is 3. The fraction of sp³-hybridized carbons (Fsp3) is 0.469. The number of rotatable bonds is 9. The lowest BCUT2D eigenvalue weighted by atomic mass is 10.1. The SMILES string of the molecule is CCOC(=O)c1cc(-c2ccnc(SC)n2)n[nH]1.CCOC(=O)c1cc(-c2ccnc(SC)n2)nn1C1CCN(C(=O)OC(C)(C)C)CC1. The van der Waals surface area contributed by atoms with Gasteiger partial charge in [0, 0.05) is 37.6 Å². The summed E-state index contributed by atoms with van der Waals surface area (Å²) in [7, 11) is 0. The summed E-state index contributed by atoms with van der Waals surface area (Å²) < 4.78 is 17.3. The summed E-state index contributed by atoms with van der Waals surface area (Å²) in [6.07, 6.45) is 8.14. The number of nitrogens with one attached hydrogen (secondary N) is 1. The van der Waals surface area contributed by atoms with Crippen molar-refractivity contribution < 1.29 is 28.6 Å². The van der Waals surface area contributed by atoms with Crippen molar-refractivity contribution in [1.29, 1.82) is 0 Å². The van der Waals surface area contributed by atoms with E-state index in [1.165, 1.54) is 23.5 Å². The number of H-pyrrole nitrogens is 1. The molecule has 15 nitrogen and oxygen atoms in total. The van der Waals surface area contributed by atoms with Gasteiger partial charge < -0.3 is 19.1 Å². The Labute approximate surface area is 293 Å². The average molecular weight is 712 g/mol. The number of aromatic nitrogens is 8. The molecule has 1 aliphatic heterocycles. The second-order valence-electron chi connectivity index (χ2n) is 11.5. The zero-order chi connectivity index (χ0) is 35.6. The molecule has 0 radical (unpaired) electrons.